The van der Waals surface area contributed by atoms with Crippen LogP contribution in [0, 0.1) is 0 Å². The number of nitrogens with zero attached hydrogens (tertiary/aromatic N) is 1. The summed E-state index contributed by atoms with van der Waals surface area (Å²) in [7, 11) is -3.47. The molecule has 0 atom stereocenters. The fraction of sp³-hybridized carbons (Fsp3) is 0.167. The Morgan fingerprint density at radius 1 is 1.58 bits per heavy atom. The Hall–Kier alpha value is -0.620. The first-order valence-corrected chi connectivity index (χ1v) is 5.60. The SMILES string of the molecule is CS(=O)(=O)Oc1cccnc1Br. The Kier molecular flexibility index (Phi) is 2.69. The van der Waals surface area contributed by atoms with Crippen molar-refractivity contribution in [3.63, 3.8) is 0 Å². The molecule has 0 amide bonds. The smallest absolute Gasteiger partial charge is 0.306 e. The minimum absolute atomic E-state index is 0.194. The molecular weight excluding hydrogens is 246 g/mol. The van der Waals surface area contributed by atoms with Gasteiger partial charge in [0.15, 0.2) is 5.75 Å². The molecule has 66 valence electrons. The third kappa shape index (κ3) is 2.78. The molecule has 4 nitrogen and oxygen atoms in total. The van der Waals surface area contributed by atoms with Crippen molar-refractivity contribution in [3.8, 4) is 5.75 Å². The Labute approximate surface area is 78.8 Å². The van der Waals surface area contributed by atoms with E-state index in [2.05, 4.69) is 25.1 Å². The lowest BCUT2D eigenvalue weighted by Gasteiger charge is -2.02. The van der Waals surface area contributed by atoms with Gasteiger partial charge in [-0.2, -0.15) is 8.42 Å². The molecule has 0 spiro atoms. The first kappa shape index (κ1) is 9.47. The third-order valence-electron chi connectivity index (χ3n) is 0.966. The molecule has 0 aliphatic heterocycles. The summed E-state index contributed by atoms with van der Waals surface area (Å²) in [6.07, 6.45) is 2.51. The van der Waals surface area contributed by atoms with Gasteiger partial charge in [0.25, 0.3) is 0 Å². The Morgan fingerprint density at radius 2 is 2.25 bits per heavy atom. The molecule has 0 aliphatic rings. The highest BCUT2D eigenvalue weighted by atomic mass is 79.9. The van der Waals surface area contributed by atoms with Crippen LogP contribution >= 0.6 is 15.9 Å². The van der Waals surface area contributed by atoms with Gasteiger partial charge < -0.3 is 4.18 Å². The molecule has 0 saturated heterocycles. The highest BCUT2D eigenvalue weighted by Crippen LogP contribution is 2.21. The van der Waals surface area contributed by atoms with Crippen molar-refractivity contribution in [1.29, 1.82) is 0 Å². The van der Waals surface area contributed by atoms with Crippen molar-refractivity contribution < 1.29 is 12.6 Å². The monoisotopic (exact) mass is 251 g/mol. The minimum atomic E-state index is -3.47. The third-order valence-corrected chi connectivity index (χ3v) is 2.04. The van der Waals surface area contributed by atoms with Crippen LogP contribution in [0.25, 0.3) is 0 Å². The van der Waals surface area contributed by atoms with Crippen LogP contribution in [0.2, 0.25) is 0 Å². The molecule has 0 aliphatic carbocycles. The predicted octanol–water partition coefficient (Wildman–Crippen LogP) is 1.18. The maximum atomic E-state index is 10.7. The topological polar surface area (TPSA) is 56.3 Å². The van der Waals surface area contributed by atoms with Crippen molar-refractivity contribution in [2.24, 2.45) is 0 Å². The number of hydrogen-bond donors (Lipinski definition) is 0. The molecule has 1 aromatic heterocycles. The van der Waals surface area contributed by atoms with Crippen molar-refractivity contribution in [1.82, 2.24) is 4.98 Å². The van der Waals surface area contributed by atoms with Crippen molar-refractivity contribution >= 4 is 26.0 Å². The van der Waals surface area contributed by atoms with Crippen LogP contribution < -0.4 is 4.18 Å². The molecule has 0 radical (unpaired) electrons. The maximum absolute atomic E-state index is 10.7. The summed E-state index contributed by atoms with van der Waals surface area (Å²) in [5, 5.41) is 0. The van der Waals surface area contributed by atoms with Crippen molar-refractivity contribution in [2.75, 3.05) is 6.26 Å². The number of aromatic nitrogens is 1. The molecule has 6 heteroatoms. The summed E-state index contributed by atoms with van der Waals surface area (Å²) in [5.41, 5.74) is 0. The molecule has 1 rings (SSSR count). The van der Waals surface area contributed by atoms with Gasteiger partial charge in [-0.15, -0.1) is 0 Å². The normalized spacial score (nSPS) is 11.2. The van der Waals surface area contributed by atoms with Gasteiger partial charge in [-0.25, -0.2) is 4.98 Å². The second-order valence-electron chi connectivity index (χ2n) is 2.08. The molecule has 0 saturated carbocycles. The largest absolute Gasteiger partial charge is 0.380 e. The van der Waals surface area contributed by atoms with Gasteiger partial charge in [0.1, 0.15) is 4.60 Å². The zero-order valence-corrected chi connectivity index (χ0v) is 8.59. The highest BCUT2D eigenvalue weighted by molar-refractivity contribution is 9.10. The zero-order valence-electron chi connectivity index (χ0n) is 6.19. The van der Waals surface area contributed by atoms with E-state index >= 15 is 0 Å². The molecule has 1 aromatic rings. The molecule has 12 heavy (non-hydrogen) atoms. The van der Waals surface area contributed by atoms with Crippen molar-refractivity contribution in [2.45, 2.75) is 0 Å². The first-order valence-electron chi connectivity index (χ1n) is 2.99. The first-order chi connectivity index (χ1) is 5.49. The van der Waals surface area contributed by atoms with E-state index in [1.165, 1.54) is 12.3 Å². The fourth-order valence-electron chi connectivity index (χ4n) is 0.597. The summed E-state index contributed by atoms with van der Waals surface area (Å²) >= 11 is 3.05. The van der Waals surface area contributed by atoms with Gasteiger partial charge in [0.2, 0.25) is 0 Å². The lowest BCUT2D eigenvalue weighted by molar-refractivity contribution is 0.490. The molecule has 0 aromatic carbocycles. The Morgan fingerprint density at radius 3 is 2.75 bits per heavy atom. The van der Waals surface area contributed by atoms with Gasteiger partial charge in [-0.3, -0.25) is 0 Å². The molecule has 1 heterocycles. The second-order valence-corrected chi connectivity index (χ2v) is 4.41. The quantitative estimate of drug-likeness (QED) is 0.585. The molecule has 0 fully saturated rings. The van der Waals surface area contributed by atoms with E-state index in [-0.39, 0.29) is 5.75 Å². The van der Waals surface area contributed by atoms with Crippen LogP contribution in [0.4, 0.5) is 0 Å². The van der Waals surface area contributed by atoms with Gasteiger partial charge in [-0.05, 0) is 28.1 Å². The summed E-state index contributed by atoms with van der Waals surface area (Å²) in [6, 6.07) is 3.10. The van der Waals surface area contributed by atoms with Crippen LogP contribution in [0.3, 0.4) is 0 Å². The molecule has 0 bridgehead atoms. The average Bonchev–Trinajstić information content (AvgIpc) is 1.91. The lowest BCUT2D eigenvalue weighted by atomic mass is 10.5. The number of pyridine rings is 1. The molecule has 0 N–H and O–H groups in total. The van der Waals surface area contributed by atoms with E-state index in [1.807, 2.05) is 0 Å². The van der Waals surface area contributed by atoms with Gasteiger partial charge in [0.05, 0.1) is 6.26 Å². The number of halogens is 1. The van der Waals surface area contributed by atoms with Crippen LogP contribution in [0.15, 0.2) is 22.9 Å². The average molecular weight is 252 g/mol. The van der Waals surface area contributed by atoms with Crippen LogP contribution in [0.5, 0.6) is 5.75 Å². The Bertz CT molecular complexity index is 376. The van der Waals surface area contributed by atoms with Crippen molar-refractivity contribution in [3.05, 3.63) is 22.9 Å². The summed E-state index contributed by atoms with van der Waals surface area (Å²) in [5.74, 6) is 0.194. The van der Waals surface area contributed by atoms with Gasteiger partial charge >= 0.3 is 10.1 Å². The Balaban J connectivity index is 2.98. The zero-order chi connectivity index (χ0) is 9.19. The van der Waals surface area contributed by atoms with E-state index in [9.17, 15) is 8.42 Å². The van der Waals surface area contributed by atoms with E-state index in [4.69, 9.17) is 0 Å². The molecular formula is C6H6BrNO3S. The van der Waals surface area contributed by atoms with Crippen LogP contribution in [-0.2, 0) is 10.1 Å². The predicted molar refractivity (Wildman–Crippen MR) is 47.4 cm³/mol. The van der Waals surface area contributed by atoms with E-state index in [0.717, 1.165) is 6.26 Å². The lowest BCUT2D eigenvalue weighted by Crippen LogP contribution is -2.06. The van der Waals surface area contributed by atoms with Gasteiger partial charge in [-0.1, -0.05) is 0 Å². The number of hydrogen-bond acceptors (Lipinski definition) is 4. The van der Waals surface area contributed by atoms with Gasteiger partial charge in [0, 0.05) is 6.20 Å². The summed E-state index contributed by atoms with van der Waals surface area (Å²) in [4.78, 5) is 3.79. The highest BCUT2D eigenvalue weighted by Gasteiger charge is 2.07. The van der Waals surface area contributed by atoms with E-state index in [1.54, 1.807) is 6.07 Å². The number of rotatable bonds is 2. The maximum Gasteiger partial charge on any atom is 0.306 e. The standard InChI is InChI=1S/C6H6BrNO3S/c1-12(9,10)11-5-3-2-4-8-6(5)7/h2-4H,1H3. The summed E-state index contributed by atoms with van der Waals surface area (Å²) < 4.78 is 26.3. The minimum Gasteiger partial charge on any atom is -0.380 e. The van der Waals surface area contributed by atoms with E-state index < -0.39 is 10.1 Å². The molecule has 0 unspecified atom stereocenters. The van der Waals surface area contributed by atoms with E-state index in [0.29, 0.717) is 4.60 Å². The van der Waals surface area contributed by atoms with Crippen LogP contribution in [0.1, 0.15) is 0 Å². The second kappa shape index (κ2) is 3.40. The van der Waals surface area contributed by atoms with Crippen LogP contribution in [-0.4, -0.2) is 19.7 Å². The summed E-state index contributed by atoms with van der Waals surface area (Å²) in [6.45, 7) is 0. The fourth-order valence-corrected chi connectivity index (χ4v) is 1.50.